The number of likely N-dealkylation sites (tertiary alicyclic amines) is 1. The molecule has 1 N–H and O–H groups in total. The summed E-state index contributed by atoms with van der Waals surface area (Å²) in [5.41, 5.74) is 0. The van der Waals surface area contributed by atoms with Crippen LogP contribution in [0.25, 0.3) is 0 Å². The van der Waals surface area contributed by atoms with Gasteiger partial charge in [0.05, 0.1) is 0 Å². The fourth-order valence-electron chi connectivity index (χ4n) is 2.66. The second-order valence-corrected chi connectivity index (χ2v) is 4.82. The molecule has 0 saturated carbocycles. The van der Waals surface area contributed by atoms with Crippen LogP contribution in [-0.4, -0.2) is 61.7 Å². The molecule has 2 fully saturated rings. The van der Waals surface area contributed by atoms with E-state index in [-0.39, 0.29) is 0 Å². The van der Waals surface area contributed by atoms with E-state index in [2.05, 4.69) is 29.1 Å². The molecule has 0 aliphatic carbocycles. The Morgan fingerprint density at radius 3 is 2.79 bits per heavy atom. The Labute approximate surface area is 87.4 Å². The zero-order valence-electron chi connectivity index (χ0n) is 9.50. The van der Waals surface area contributed by atoms with E-state index in [1.165, 1.54) is 45.6 Å². The fourth-order valence-corrected chi connectivity index (χ4v) is 2.66. The predicted octanol–water partition coefficient (Wildman–Crippen LogP) is 0.374. The normalized spacial score (nSPS) is 37.3. The lowest BCUT2D eigenvalue weighted by Gasteiger charge is -2.26. The van der Waals surface area contributed by atoms with Crippen molar-refractivity contribution in [1.82, 2.24) is 15.1 Å². The van der Waals surface area contributed by atoms with Gasteiger partial charge >= 0.3 is 0 Å². The topological polar surface area (TPSA) is 18.5 Å². The molecule has 2 heterocycles. The van der Waals surface area contributed by atoms with E-state index in [0.29, 0.717) is 0 Å². The number of nitrogens with one attached hydrogen (secondary N) is 1. The zero-order chi connectivity index (χ0) is 9.97. The third-order valence-electron chi connectivity index (χ3n) is 3.76. The van der Waals surface area contributed by atoms with Gasteiger partial charge in [0.2, 0.25) is 0 Å². The Morgan fingerprint density at radius 2 is 2.07 bits per heavy atom. The van der Waals surface area contributed by atoms with Crippen LogP contribution in [-0.2, 0) is 0 Å². The second kappa shape index (κ2) is 4.60. The van der Waals surface area contributed by atoms with Gasteiger partial charge in [-0.1, -0.05) is 0 Å². The Bertz CT molecular complexity index is 165. The minimum atomic E-state index is 0.774. The number of rotatable bonds is 1. The van der Waals surface area contributed by atoms with Gasteiger partial charge in [0.15, 0.2) is 0 Å². The lowest BCUT2D eigenvalue weighted by molar-refractivity contribution is 0.210. The van der Waals surface area contributed by atoms with Crippen LogP contribution < -0.4 is 5.32 Å². The van der Waals surface area contributed by atoms with E-state index < -0.39 is 0 Å². The van der Waals surface area contributed by atoms with Crippen molar-refractivity contribution in [1.29, 1.82) is 0 Å². The Kier molecular flexibility index (Phi) is 3.42. The fraction of sp³-hybridized carbons (Fsp3) is 1.00. The summed E-state index contributed by atoms with van der Waals surface area (Å²) in [5.74, 6) is 0. The molecule has 2 saturated heterocycles. The van der Waals surface area contributed by atoms with Crippen molar-refractivity contribution in [3.05, 3.63) is 0 Å². The first-order valence-corrected chi connectivity index (χ1v) is 5.92. The van der Waals surface area contributed by atoms with Crippen LogP contribution in [0.1, 0.15) is 19.8 Å². The van der Waals surface area contributed by atoms with Gasteiger partial charge in [0.25, 0.3) is 0 Å². The van der Waals surface area contributed by atoms with Gasteiger partial charge in [-0.05, 0) is 39.9 Å². The molecule has 3 nitrogen and oxygen atoms in total. The molecule has 82 valence electrons. The Balaban J connectivity index is 1.88. The Morgan fingerprint density at radius 1 is 1.21 bits per heavy atom. The molecule has 0 aromatic carbocycles. The highest BCUT2D eigenvalue weighted by atomic mass is 15.3. The molecule has 2 aliphatic heterocycles. The average molecular weight is 197 g/mol. The lowest BCUT2D eigenvalue weighted by atomic mass is 10.1. The summed E-state index contributed by atoms with van der Waals surface area (Å²) in [6.07, 6.45) is 2.67. The molecule has 0 bridgehead atoms. The summed E-state index contributed by atoms with van der Waals surface area (Å²) < 4.78 is 0. The van der Waals surface area contributed by atoms with Crippen LogP contribution in [0.2, 0.25) is 0 Å². The Hall–Kier alpha value is -0.120. The molecule has 0 aromatic heterocycles. The molecule has 0 amide bonds. The molecule has 0 radical (unpaired) electrons. The van der Waals surface area contributed by atoms with Gasteiger partial charge in [0, 0.05) is 31.7 Å². The van der Waals surface area contributed by atoms with E-state index in [1.54, 1.807) is 0 Å². The largest absolute Gasteiger partial charge is 0.315 e. The molecule has 2 aliphatic rings. The van der Waals surface area contributed by atoms with Gasteiger partial charge in [-0.15, -0.1) is 0 Å². The number of hydrogen-bond donors (Lipinski definition) is 1. The molecular weight excluding hydrogens is 174 g/mol. The highest BCUT2D eigenvalue weighted by Crippen LogP contribution is 2.20. The summed E-state index contributed by atoms with van der Waals surface area (Å²) in [6, 6.07) is 1.59. The van der Waals surface area contributed by atoms with Crippen LogP contribution in [0.4, 0.5) is 0 Å². The number of likely N-dealkylation sites (N-methyl/N-ethyl adjacent to an activating group) is 1. The van der Waals surface area contributed by atoms with Crippen molar-refractivity contribution in [2.24, 2.45) is 0 Å². The molecule has 2 unspecified atom stereocenters. The maximum absolute atomic E-state index is 3.47. The lowest BCUT2D eigenvalue weighted by Crippen LogP contribution is -2.39. The third-order valence-corrected chi connectivity index (χ3v) is 3.76. The highest BCUT2D eigenvalue weighted by Gasteiger charge is 2.30. The molecule has 2 atom stereocenters. The first kappa shape index (κ1) is 10.4. The van der Waals surface area contributed by atoms with Gasteiger partial charge < -0.3 is 10.2 Å². The number of hydrogen-bond acceptors (Lipinski definition) is 3. The van der Waals surface area contributed by atoms with Crippen LogP contribution in [0.15, 0.2) is 0 Å². The SMILES string of the molecule is CC1CC(N2CCCNCC2)CN1C. The maximum Gasteiger partial charge on any atom is 0.0238 e. The third kappa shape index (κ3) is 2.27. The van der Waals surface area contributed by atoms with E-state index in [9.17, 15) is 0 Å². The van der Waals surface area contributed by atoms with E-state index in [0.717, 1.165) is 12.1 Å². The molecule has 0 aromatic rings. The standard InChI is InChI=1S/C11H23N3/c1-10-8-11(9-13(10)2)14-6-3-4-12-5-7-14/h10-12H,3-9H2,1-2H3. The van der Waals surface area contributed by atoms with Crippen molar-refractivity contribution >= 4 is 0 Å². The first-order chi connectivity index (χ1) is 6.77. The van der Waals surface area contributed by atoms with Crippen molar-refractivity contribution in [2.75, 3.05) is 39.8 Å². The average Bonchev–Trinajstić information content (AvgIpc) is 2.46. The van der Waals surface area contributed by atoms with Gasteiger partial charge in [0.1, 0.15) is 0 Å². The summed E-state index contributed by atoms with van der Waals surface area (Å²) in [6.45, 7) is 8.52. The van der Waals surface area contributed by atoms with E-state index in [4.69, 9.17) is 0 Å². The highest BCUT2D eigenvalue weighted by molar-refractivity contribution is 4.87. The van der Waals surface area contributed by atoms with Crippen molar-refractivity contribution in [3.63, 3.8) is 0 Å². The van der Waals surface area contributed by atoms with Crippen LogP contribution in [0.3, 0.4) is 0 Å². The quantitative estimate of drug-likeness (QED) is 0.655. The molecule has 0 spiro atoms. The van der Waals surface area contributed by atoms with Crippen molar-refractivity contribution in [2.45, 2.75) is 31.8 Å². The smallest absolute Gasteiger partial charge is 0.0238 e. The minimum absolute atomic E-state index is 0.774. The van der Waals surface area contributed by atoms with Crippen molar-refractivity contribution < 1.29 is 0 Å². The van der Waals surface area contributed by atoms with Crippen molar-refractivity contribution in [3.8, 4) is 0 Å². The predicted molar refractivity (Wildman–Crippen MR) is 59.6 cm³/mol. The molecule has 14 heavy (non-hydrogen) atoms. The summed E-state index contributed by atoms with van der Waals surface area (Å²) in [5, 5.41) is 3.47. The first-order valence-electron chi connectivity index (χ1n) is 5.92. The second-order valence-electron chi connectivity index (χ2n) is 4.82. The van der Waals surface area contributed by atoms with Crippen LogP contribution in [0, 0.1) is 0 Å². The van der Waals surface area contributed by atoms with Crippen LogP contribution in [0.5, 0.6) is 0 Å². The van der Waals surface area contributed by atoms with E-state index in [1.807, 2.05) is 0 Å². The van der Waals surface area contributed by atoms with Gasteiger partial charge in [-0.2, -0.15) is 0 Å². The summed E-state index contributed by atoms with van der Waals surface area (Å²) >= 11 is 0. The monoisotopic (exact) mass is 197 g/mol. The summed E-state index contributed by atoms with van der Waals surface area (Å²) in [4.78, 5) is 5.17. The maximum atomic E-state index is 3.47. The minimum Gasteiger partial charge on any atom is -0.315 e. The molecule has 3 heteroatoms. The number of nitrogens with zero attached hydrogens (tertiary/aromatic N) is 2. The van der Waals surface area contributed by atoms with Gasteiger partial charge in [-0.25, -0.2) is 0 Å². The van der Waals surface area contributed by atoms with E-state index >= 15 is 0 Å². The zero-order valence-corrected chi connectivity index (χ0v) is 9.50. The molecular formula is C11H23N3. The molecule has 2 rings (SSSR count). The summed E-state index contributed by atoms with van der Waals surface area (Å²) in [7, 11) is 2.25. The van der Waals surface area contributed by atoms with Gasteiger partial charge in [-0.3, -0.25) is 4.90 Å². The van der Waals surface area contributed by atoms with Crippen LogP contribution >= 0.6 is 0 Å².